The largest absolute Gasteiger partial charge is 0.330 e. The van der Waals surface area contributed by atoms with Gasteiger partial charge in [0.05, 0.1) is 0 Å². The van der Waals surface area contributed by atoms with Gasteiger partial charge in [0.1, 0.15) is 0 Å². The van der Waals surface area contributed by atoms with Gasteiger partial charge >= 0.3 is 0 Å². The molecule has 0 saturated carbocycles. The zero-order valence-electron chi connectivity index (χ0n) is 10.1. The Morgan fingerprint density at radius 1 is 0.562 bits per heavy atom. The molecule has 6 nitrogen and oxygen atoms in total. The molecule has 0 atom stereocenters. The zero-order valence-corrected chi connectivity index (χ0v) is 10.1. The lowest BCUT2D eigenvalue weighted by Crippen LogP contribution is -2.49. The normalized spacial score (nSPS) is 12.0. The molecule has 0 saturated heterocycles. The van der Waals surface area contributed by atoms with Gasteiger partial charge in [-0.1, -0.05) is 0 Å². The molecule has 16 heavy (non-hydrogen) atoms. The highest BCUT2D eigenvalue weighted by Gasteiger charge is 2.22. The molecule has 2 radical (unpaired) electrons. The van der Waals surface area contributed by atoms with E-state index >= 15 is 0 Å². The Hall–Kier alpha value is -0.240. The van der Waals surface area contributed by atoms with Crippen molar-refractivity contribution in [1.82, 2.24) is 0 Å². The van der Waals surface area contributed by atoms with Crippen LogP contribution in [0.3, 0.4) is 0 Å². The van der Waals surface area contributed by atoms with Crippen LogP contribution >= 0.6 is 0 Å². The molecule has 0 aliphatic heterocycles. The monoisotopic (exact) mass is 232 g/mol. The van der Waals surface area contributed by atoms with Crippen molar-refractivity contribution in [3.63, 3.8) is 0 Å². The first-order chi connectivity index (χ1) is 7.36. The van der Waals surface area contributed by atoms with E-state index in [9.17, 15) is 0 Å². The van der Waals surface area contributed by atoms with E-state index < -0.39 is 0 Å². The van der Waals surface area contributed by atoms with Gasteiger partial charge in [0, 0.05) is 31.6 Å². The average molecular weight is 232 g/mol. The molecule has 0 aliphatic carbocycles. The maximum atomic E-state index is 5.40. The Labute approximate surface area is 99.1 Å². The third-order valence-electron chi connectivity index (χ3n) is 2.60. The minimum absolute atomic E-state index is 0.222. The predicted molar refractivity (Wildman–Crippen MR) is 69.9 cm³/mol. The van der Waals surface area contributed by atoms with Crippen molar-refractivity contribution in [2.24, 2.45) is 45.2 Å². The summed E-state index contributed by atoms with van der Waals surface area (Å²) in [6.07, 6.45) is 0. The summed E-state index contributed by atoms with van der Waals surface area (Å²) in [4.78, 5) is 0. The molecule has 0 aliphatic rings. The quantitative estimate of drug-likeness (QED) is 0.294. The second kappa shape index (κ2) is 8.86. The highest BCUT2D eigenvalue weighted by Crippen LogP contribution is 2.07. The summed E-state index contributed by atoms with van der Waals surface area (Å²) in [5.74, 6) is 0. The first kappa shape index (κ1) is 18.1. The van der Waals surface area contributed by atoms with Crippen molar-refractivity contribution >= 4 is 0 Å². The first-order valence-electron chi connectivity index (χ1n) is 5.28. The number of hydrogen-bond donors (Lipinski definition) is 6. The van der Waals surface area contributed by atoms with Crippen LogP contribution in [0.25, 0.3) is 0 Å². The fraction of sp³-hybridized carbons (Fsp3) is 0.800. The van der Waals surface area contributed by atoms with E-state index in [1.165, 1.54) is 0 Å². The summed E-state index contributed by atoms with van der Waals surface area (Å²) in [6, 6.07) is 0. The van der Waals surface area contributed by atoms with Crippen LogP contribution < -0.4 is 34.4 Å². The van der Waals surface area contributed by atoms with Crippen LogP contribution in [0, 0.1) is 24.7 Å². The second-order valence-electron chi connectivity index (χ2n) is 4.22. The minimum atomic E-state index is -0.361. The smallest absolute Gasteiger partial charge is 0.0193 e. The van der Waals surface area contributed by atoms with E-state index in [4.69, 9.17) is 34.4 Å². The van der Waals surface area contributed by atoms with Crippen molar-refractivity contribution in [2.75, 3.05) is 39.3 Å². The third-order valence-corrected chi connectivity index (χ3v) is 2.60. The van der Waals surface area contributed by atoms with Crippen LogP contribution in [0.2, 0.25) is 0 Å². The van der Waals surface area contributed by atoms with E-state index in [-0.39, 0.29) is 10.8 Å². The van der Waals surface area contributed by atoms with Gasteiger partial charge in [-0.2, -0.15) is 0 Å². The number of rotatable bonds is 6. The molecule has 0 fully saturated rings. The van der Waals surface area contributed by atoms with Gasteiger partial charge in [-0.05, 0) is 32.4 Å². The topological polar surface area (TPSA) is 156 Å². The Bertz CT molecular complexity index is 132. The van der Waals surface area contributed by atoms with Crippen LogP contribution in [0.15, 0.2) is 0 Å². The molecule has 0 aromatic rings. The van der Waals surface area contributed by atoms with E-state index in [0.717, 1.165) is 0 Å². The fourth-order valence-electron chi connectivity index (χ4n) is 0.583. The molecule has 0 heterocycles. The molecule has 0 amide bonds. The molecule has 6 heteroatoms. The number of hydrogen-bond acceptors (Lipinski definition) is 6. The van der Waals surface area contributed by atoms with Gasteiger partial charge in [0.25, 0.3) is 0 Å². The lowest BCUT2D eigenvalue weighted by molar-refractivity contribution is 0.333. The molecule has 0 unspecified atom stereocenters. The van der Waals surface area contributed by atoms with E-state index in [1.54, 1.807) is 0 Å². The van der Waals surface area contributed by atoms with Gasteiger partial charge in [0.15, 0.2) is 0 Å². The molecular formula is C10H28N6. The number of nitrogens with two attached hydrogens (primary N) is 6. The first-order valence-corrected chi connectivity index (χ1v) is 5.28. The summed E-state index contributed by atoms with van der Waals surface area (Å²) in [6.45, 7) is 10.1. The Morgan fingerprint density at radius 2 is 0.812 bits per heavy atom. The summed E-state index contributed by atoms with van der Waals surface area (Å²) in [5.41, 5.74) is 31.4. The maximum Gasteiger partial charge on any atom is 0.0193 e. The lowest BCUT2D eigenvalue weighted by atomic mass is 9.89. The molecule has 0 rings (SSSR count). The fourth-order valence-corrected chi connectivity index (χ4v) is 0.583. The van der Waals surface area contributed by atoms with Crippen molar-refractivity contribution in [2.45, 2.75) is 0 Å². The third kappa shape index (κ3) is 7.10. The molecule has 0 aromatic heterocycles. The van der Waals surface area contributed by atoms with E-state index in [2.05, 4.69) is 13.8 Å². The van der Waals surface area contributed by atoms with E-state index in [0.29, 0.717) is 39.3 Å². The van der Waals surface area contributed by atoms with Gasteiger partial charge in [-0.3, -0.25) is 0 Å². The highest BCUT2D eigenvalue weighted by atomic mass is 14.8. The van der Waals surface area contributed by atoms with Gasteiger partial charge in [-0.25, -0.2) is 0 Å². The van der Waals surface area contributed by atoms with Gasteiger partial charge in [0.2, 0.25) is 0 Å². The van der Waals surface area contributed by atoms with Gasteiger partial charge in [-0.15, -0.1) is 0 Å². The van der Waals surface area contributed by atoms with Crippen LogP contribution in [0.1, 0.15) is 0 Å². The predicted octanol–water partition coefficient (Wildman–Crippen LogP) is -2.63. The van der Waals surface area contributed by atoms with Crippen molar-refractivity contribution in [3.8, 4) is 0 Å². The SMILES string of the molecule is NCC(CN)(CN)CN.[CH2]C([CH2])(CN)CN. The molecule has 0 bridgehead atoms. The van der Waals surface area contributed by atoms with Crippen molar-refractivity contribution in [3.05, 3.63) is 13.8 Å². The van der Waals surface area contributed by atoms with Crippen LogP contribution in [-0.2, 0) is 0 Å². The highest BCUT2D eigenvalue weighted by molar-refractivity contribution is 4.85. The van der Waals surface area contributed by atoms with Crippen LogP contribution in [0.4, 0.5) is 0 Å². The summed E-state index contributed by atoms with van der Waals surface area (Å²) >= 11 is 0. The van der Waals surface area contributed by atoms with Gasteiger partial charge < -0.3 is 34.4 Å². The summed E-state index contributed by atoms with van der Waals surface area (Å²) in [5, 5.41) is 0. The Kier molecular flexibility index (Phi) is 10.0. The van der Waals surface area contributed by atoms with Crippen molar-refractivity contribution in [1.29, 1.82) is 0 Å². The standard InChI is InChI=1S/C5H16N4.C5H12N2/c6-1-5(2-7,3-8)4-9;1-5(2,3-6)4-7/h1-4,6-9H2;1-4,6-7H2. The zero-order chi connectivity index (χ0) is 13.2. The van der Waals surface area contributed by atoms with E-state index in [1.807, 2.05) is 0 Å². The molecule has 12 N–H and O–H groups in total. The Morgan fingerprint density at radius 3 is 0.812 bits per heavy atom. The summed E-state index contributed by atoms with van der Waals surface area (Å²) in [7, 11) is 0. The second-order valence-corrected chi connectivity index (χ2v) is 4.22. The minimum Gasteiger partial charge on any atom is -0.330 e. The Balaban J connectivity index is 0. The summed E-state index contributed by atoms with van der Waals surface area (Å²) < 4.78 is 0. The molecule has 0 aromatic carbocycles. The molecular weight excluding hydrogens is 204 g/mol. The molecule has 0 spiro atoms. The lowest BCUT2D eigenvalue weighted by Gasteiger charge is -2.26. The van der Waals surface area contributed by atoms with Crippen LogP contribution in [0.5, 0.6) is 0 Å². The van der Waals surface area contributed by atoms with Crippen LogP contribution in [-0.4, -0.2) is 39.3 Å². The molecule has 98 valence electrons. The average Bonchev–Trinajstić information content (AvgIpc) is 2.34. The van der Waals surface area contributed by atoms with Crippen molar-refractivity contribution < 1.29 is 0 Å². The maximum absolute atomic E-state index is 5.40.